The van der Waals surface area contributed by atoms with Gasteiger partial charge in [0.2, 0.25) is 5.91 Å². The first kappa shape index (κ1) is 24.9. The van der Waals surface area contributed by atoms with Crippen LogP contribution in [-0.4, -0.2) is 17.6 Å². The van der Waals surface area contributed by atoms with Crippen molar-refractivity contribution in [2.75, 3.05) is 16.4 Å². The van der Waals surface area contributed by atoms with Crippen LogP contribution < -0.4 is 16.0 Å². The normalized spacial score (nSPS) is 15.2. The minimum absolute atomic E-state index is 0.0892. The maximum Gasteiger partial charge on any atom is 0.254 e. The molecule has 7 nitrogen and oxygen atoms in total. The van der Waals surface area contributed by atoms with E-state index < -0.39 is 5.92 Å². The van der Waals surface area contributed by atoms with Gasteiger partial charge in [-0.1, -0.05) is 49.0 Å². The standard InChI is InChI=1S/C28H26N4O3S/c1-3-19-11-13-21(14-12-19)32-27(34)25-18(2)30-28(22(16-29)26(25)23-10-7-15-35-23)36-17-24(33)31-20-8-5-4-6-9-20/h4-15,26,30H,3,17H2,1-2H3,(H,31,33)(H,32,34)/t26-/m1/s1. The number of carbonyl (C=O) groups excluding carboxylic acids is 2. The summed E-state index contributed by atoms with van der Waals surface area (Å²) in [4.78, 5) is 25.9. The molecule has 2 aromatic carbocycles. The molecule has 4 rings (SSSR count). The number of para-hydroxylation sites is 1. The fourth-order valence-corrected chi connectivity index (χ4v) is 4.84. The summed E-state index contributed by atoms with van der Waals surface area (Å²) in [5.74, 6) is -0.671. The second-order valence-corrected chi connectivity index (χ2v) is 9.16. The predicted molar refractivity (Wildman–Crippen MR) is 142 cm³/mol. The van der Waals surface area contributed by atoms with Crippen LogP contribution in [0.3, 0.4) is 0 Å². The summed E-state index contributed by atoms with van der Waals surface area (Å²) in [6.45, 7) is 3.85. The highest BCUT2D eigenvalue weighted by atomic mass is 32.2. The number of rotatable bonds is 8. The first-order chi connectivity index (χ1) is 17.5. The van der Waals surface area contributed by atoms with E-state index in [0.29, 0.717) is 39.0 Å². The molecule has 1 aromatic heterocycles. The van der Waals surface area contributed by atoms with Gasteiger partial charge in [0, 0.05) is 17.1 Å². The van der Waals surface area contributed by atoms with Crippen molar-refractivity contribution in [2.24, 2.45) is 0 Å². The molecule has 0 saturated heterocycles. The van der Waals surface area contributed by atoms with E-state index >= 15 is 0 Å². The first-order valence-corrected chi connectivity index (χ1v) is 12.5. The number of furan rings is 1. The number of carbonyl (C=O) groups is 2. The maximum absolute atomic E-state index is 13.4. The third-order valence-corrected chi connectivity index (χ3v) is 6.76. The largest absolute Gasteiger partial charge is 0.468 e. The average molecular weight is 499 g/mol. The number of amides is 2. The molecule has 1 aliphatic heterocycles. The number of allylic oxidation sites excluding steroid dienone is 2. The number of aryl methyl sites for hydroxylation is 1. The molecule has 0 unspecified atom stereocenters. The fourth-order valence-electron chi connectivity index (χ4n) is 3.95. The summed E-state index contributed by atoms with van der Waals surface area (Å²) in [5, 5.41) is 19.6. The molecule has 0 saturated carbocycles. The molecule has 36 heavy (non-hydrogen) atoms. The highest BCUT2D eigenvalue weighted by Gasteiger charge is 2.36. The van der Waals surface area contributed by atoms with Crippen molar-refractivity contribution in [3.8, 4) is 6.07 Å². The monoisotopic (exact) mass is 498 g/mol. The zero-order valence-electron chi connectivity index (χ0n) is 20.0. The number of dihydropyridines is 1. The van der Waals surface area contributed by atoms with Crippen LogP contribution in [-0.2, 0) is 16.0 Å². The lowest BCUT2D eigenvalue weighted by Gasteiger charge is -2.28. The Morgan fingerprint density at radius 1 is 1.03 bits per heavy atom. The number of hydrogen-bond acceptors (Lipinski definition) is 6. The number of anilines is 2. The van der Waals surface area contributed by atoms with E-state index in [9.17, 15) is 14.9 Å². The van der Waals surface area contributed by atoms with Crippen LogP contribution in [0.15, 0.2) is 99.3 Å². The number of nitrogens with one attached hydrogen (secondary N) is 3. The van der Waals surface area contributed by atoms with Crippen molar-refractivity contribution in [1.29, 1.82) is 5.26 Å². The Hall–Kier alpha value is -4.22. The summed E-state index contributed by atoms with van der Waals surface area (Å²) in [5.41, 5.74) is 3.83. The molecule has 1 aliphatic rings. The van der Waals surface area contributed by atoms with Crippen LogP contribution in [0.25, 0.3) is 0 Å². The van der Waals surface area contributed by atoms with Gasteiger partial charge < -0.3 is 20.4 Å². The maximum atomic E-state index is 13.4. The third-order valence-electron chi connectivity index (χ3n) is 5.74. The van der Waals surface area contributed by atoms with E-state index in [0.717, 1.165) is 6.42 Å². The minimum atomic E-state index is -0.708. The Morgan fingerprint density at radius 2 is 1.75 bits per heavy atom. The van der Waals surface area contributed by atoms with Crippen LogP contribution in [0, 0.1) is 11.3 Å². The van der Waals surface area contributed by atoms with E-state index in [-0.39, 0.29) is 17.6 Å². The van der Waals surface area contributed by atoms with Crippen LogP contribution in [0.5, 0.6) is 0 Å². The van der Waals surface area contributed by atoms with Crippen molar-refractivity contribution < 1.29 is 14.0 Å². The fraction of sp³-hybridized carbons (Fsp3) is 0.179. The highest BCUT2D eigenvalue weighted by Crippen LogP contribution is 2.41. The number of hydrogen-bond donors (Lipinski definition) is 3. The van der Waals surface area contributed by atoms with Crippen molar-refractivity contribution in [3.63, 3.8) is 0 Å². The summed E-state index contributed by atoms with van der Waals surface area (Å²) in [7, 11) is 0. The second-order valence-electron chi connectivity index (χ2n) is 8.17. The van der Waals surface area contributed by atoms with Gasteiger partial charge >= 0.3 is 0 Å². The van der Waals surface area contributed by atoms with Crippen molar-refractivity contribution in [3.05, 3.63) is 106 Å². The van der Waals surface area contributed by atoms with Crippen molar-refractivity contribution in [1.82, 2.24) is 5.32 Å². The second kappa shape index (κ2) is 11.5. The molecule has 0 bridgehead atoms. The lowest BCUT2D eigenvalue weighted by atomic mass is 9.85. The smallest absolute Gasteiger partial charge is 0.254 e. The van der Waals surface area contributed by atoms with Gasteiger partial charge in [0.1, 0.15) is 5.76 Å². The molecule has 182 valence electrons. The van der Waals surface area contributed by atoms with Crippen LogP contribution in [0.4, 0.5) is 11.4 Å². The summed E-state index contributed by atoms with van der Waals surface area (Å²) < 4.78 is 5.65. The number of thioether (sulfide) groups is 1. The van der Waals surface area contributed by atoms with Crippen LogP contribution in [0.2, 0.25) is 0 Å². The SMILES string of the molecule is CCc1ccc(NC(=O)C2=C(C)NC(SCC(=O)Nc3ccccc3)=C(C#N)[C@@H]2c2ccco2)cc1. The molecular formula is C28H26N4O3S. The topological polar surface area (TPSA) is 107 Å². The Labute approximate surface area is 214 Å². The molecule has 0 aliphatic carbocycles. The average Bonchev–Trinajstić information content (AvgIpc) is 3.42. The molecule has 0 spiro atoms. The molecule has 8 heteroatoms. The first-order valence-electron chi connectivity index (χ1n) is 11.5. The van der Waals surface area contributed by atoms with Gasteiger partial charge in [0.15, 0.2) is 0 Å². The Bertz CT molecular complexity index is 1340. The van der Waals surface area contributed by atoms with Gasteiger partial charge in [-0.2, -0.15) is 5.26 Å². The van der Waals surface area contributed by atoms with Crippen molar-refractivity contribution in [2.45, 2.75) is 26.2 Å². The van der Waals surface area contributed by atoms with Gasteiger partial charge in [-0.05, 0) is 55.3 Å². The Balaban J connectivity index is 1.57. The lowest BCUT2D eigenvalue weighted by Crippen LogP contribution is -2.31. The number of nitrogens with zero attached hydrogens (tertiary/aromatic N) is 1. The van der Waals surface area contributed by atoms with Gasteiger partial charge in [-0.3, -0.25) is 9.59 Å². The Morgan fingerprint density at radius 3 is 2.39 bits per heavy atom. The molecule has 1 atom stereocenters. The molecule has 0 radical (unpaired) electrons. The van der Waals surface area contributed by atoms with Gasteiger partial charge in [-0.25, -0.2) is 0 Å². The number of benzene rings is 2. The van der Waals surface area contributed by atoms with E-state index in [2.05, 4.69) is 28.9 Å². The molecule has 0 fully saturated rings. The summed E-state index contributed by atoms with van der Waals surface area (Å²) >= 11 is 1.21. The molecule has 3 N–H and O–H groups in total. The summed E-state index contributed by atoms with van der Waals surface area (Å²) in [6, 6.07) is 22.5. The predicted octanol–water partition coefficient (Wildman–Crippen LogP) is 5.55. The quantitative estimate of drug-likeness (QED) is 0.376. The van der Waals surface area contributed by atoms with E-state index in [1.54, 1.807) is 19.1 Å². The van der Waals surface area contributed by atoms with Gasteiger partial charge in [0.25, 0.3) is 5.91 Å². The molecule has 3 aromatic rings. The Kier molecular flexibility index (Phi) is 7.93. The zero-order chi connectivity index (χ0) is 25.5. The highest BCUT2D eigenvalue weighted by molar-refractivity contribution is 8.03. The molecule has 2 amide bonds. The molecule has 2 heterocycles. The zero-order valence-corrected chi connectivity index (χ0v) is 20.8. The van der Waals surface area contributed by atoms with E-state index in [1.165, 1.54) is 23.6 Å². The van der Waals surface area contributed by atoms with Crippen LogP contribution >= 0.6 is 11.8 Å². The third kappa shape index (κ3) is 5.70. The van der Waals surface area contributed by atoms with Crippen molar-refractivity contribution >= 4 is 35.0 Å². The lowest BCUT2D eigenvalue weighted by molar-refractivity contribution is -0.114. The van der Waals surface area contributed by atoms with E-state index in [4.69, 9.17) is 4.42 Å². The van der Waals surface area contributed by atoms with Gasteiger partial charge in [0.05, 0.1) is 40.2 Å². The molecular weight excluding hydrogens is 472 g/mol. The van der Waals surface area contributed by atoms with Gasteiger partial charge in [-0.15, -0.1) is 0 Å². The van der Waals surface area contributed by atoms with E-state index in [1.807, 2.05) is 54.6 Å². The van der Waals surface area contributed by atoms with Crippen LogP contribution in [0.1, 0.15) is 31.1 Å². The minimum Gasteiger partial charge on any atom is -0.468 e. The number of nitriles is 1. The summed E-state index contributed by atoms with van der Waals surface area (Å²) in [6.07, 6.45) is 2.42.